The van der Waals surface area contributed by atoms with E-state index >= 15 is 0 Å². The van der Waals surface area contributed by atoms with Crippen molar-refractivity contribution in [3.63, 3.8) is 0 Å². The number of ether oxygens (including phenoxy) is 3. The second kappa shape index (κ2) is 55.0. The molecular weight excluding hydrogens is 817 g/mol. The van der Waals surface area contributed by atoms with Gasteiger partial charge in [-0.1, -0.05) is 249 Å². The zero-order chi connectivity index (χ0) is 47.9. The first-order valence-corrected chi connectivity index (χ1v) is 28.6. The fourth-order valence-corrected chi connectivity index (χ4v) is 8.28. The quantitative estimate of drug-likeness (QED) is 0.0262. The molecule has 0 aliphatic rings. The minimum absolute atomic E-state index is 0.0847. The van der Waals surface area contributed by atoms with Gasteiger partial charge in [-0.05, 0) is 77.0 Å². The van der Waals surface area contributed by atoms with Gasteiger partial charge >= 0.3 is 17.9 Å². The highest BCUT2D eigenvalue weighted by Gasteiger charge is 2.19. The number of carbonyl (C=O) groups is 3. The summed E-state index contributed by atoms with van der Waals surface area (Å²) in [6.45, 7) is 6.52. The van der Waals surface area contributed by atoms with Crippen LogP contribution in [0.2, 0.25) is 0 Å². The lowest BCUT2D eigenvalue weighted by Crippen LogP contribution is -2.30. The van der Waals surface area contributed by atoms with Crippen LogP contribution in [0.3, 0.4) is 0 Å². The van der Waals surface area contributed by atoms with E-state index in [9.17, 15) is 14.4 Å². The van der Waals surface area contributed by atoms with Gasteiger partial charge in [-0.15, -0.1) is 0 Å². The van der Waals surface area contributed by atoms with Crippen LogP contribution in [0.25, 0.3) is 0 Å². The normalized spacial score (nSPS) is 12.3. The fraction of sp³-hybridized carbons (Fsp3) is 0.817. The van der Waals surface area contributed by atoms with Crippen molar-refractivity contribution in [2.45, 2.75) is 303 Å². The van der Waals surface area contributed by atoms with E-state index in [1.165, 1.54) is 180 Å². The maximum atomic E-state index is 12.8. The van der Waals surface area contributed by atoms with Crippen molar-refractivity contribution in [2.75, 3.05) is 13.2 Å². The maximum absolute atomic E-state index is 12.8. The van der Waals surface area contributed by atoms with Gasteiger partial charge in [0.25, 0.3) is 0 Å². The molecule has 0 aliphatic heterocycles. The number of rotatable bonds is 52. The van der Waals surface area contributed by atoms with Crippen molar-refractivity contribution in [1.82, 2.24) is 0 Å². The summed E-state index contributed by atoms with van der Waals surface area (Å²) in [5, 5.41) is 0. The topological polar surface area (TPSA) is 78.9 Å². The van der Waals surface area contributed by atoms with Gasteiger partial charge in [-0.3, -0.25) is 14.4 Å². The van der Waals surface area contributed by atoms with Crippen LogP contribution in [0.4, 0.5) is 0 Å². The van der Waals surface area contributed by atoms with Gasteiger partial charge in [0, 0.05) is 19.3 Å². The van der Waals surface area contributed by atoms with Crippen molar-refractivity contribution in [3.8, 4) is 0 Å². The maximum Gasteiger partial charge on any atom is 0.306 e. The Labute approximate surface area is 409 Å². The largest absolute Gasteiger partial charge is 0.462 e. The van der Waals surface area contributed by atoms with E-state index in [4.69, 9.17) is 14.2 Å². The molecule has 0 aliphatic carbocycles. The van der Waals surface area contributed by atoms with E-state index in [1.54, 1.807) is 0 Å². The zero-order valence-electron chi connectivity index (χ0n) is 44.0. The molecule has 384 valence electrons. The van der Waals surface area contributed by atoms with Crippen molar-refractivity contribution in [2.24, 2.45) is 0 Å². The van der Waals surface area contributed by atoms with Crippen molar-refractivity contribution >= 4 is 17.9 Å². The SMILES string of the molecule is CC/C=C\C/C=C\C/C=C\CCCCC(=O)OCC(COC(=O)CCCCCCCCC/C=C\CCCCCCCCCC)OC(=O)CCCCCCCCCCCCCCCCCCC. The first kappa shape index (κ1) is 63.4. The van der Waals surface area contributed by atoms with Gasteiger partial charge < -0.3 is 14.2 Å². The molecule has 6 nitrogen and oxygen atoms in total. The number of esters is 3. The van der Waals surface area contributed by atoms with E-state index in [1.807, 2.05) is 0 Å². The standard InChI is InChI=1S/C60H108O6/c1-4-7-10-13-16-19-22-25-27-29-30-32-33-35-38-41-44-47-50-53-59(62)65-56-57(55-64-58(61)52-49-46-43-40-37-24-21-18-15-12-9-6-3)66-60(63)54-51-48-45-42-39-36-34-31-28-26-23-20-17-14-11-8-5-2/h9,12,18,21,29-30,37,40,57H,4-8,10-11,13-17,19-20,22-28,31-36,38-39,41-56H2,1-3H3/b12-9-,21-18-,30-29-,40-37-. The molecule has 6 heteroatoms. The summed E-state index contributed by atoms with van der Waals surface area (Å²) in [6.07, 6.45) is 66.8. The first-order chi connectivity index (χ1) is 32.5. The molecule has 0 amide bonds. The van der Waals surface area contributed by atoms with E-state index in [0.717, 1.165) is 77.0 Å². The minimum Gasteiger partial charge on any atom is -0.462 e. The average Bonchev–Trinajstić information content (AvgIpc) is 3.31. The summed E-state index contributed by atoms with van der Waals surface area (Å²) in [6, 6.07) is 0. The Balaban J connectivity index is 4.34. The minimum atomic E-state index is -0.787. The summed E-state index contributed by atoms with van der Waals surface area (Å²) in [4.78, 5) is 38.1. The lowest BCUT2D eigenvalue weighted by atomic mass is 10.0. The smallest absolute Gasteiger partial charge is 0.306 e. The molecule has 1 unspecified atom stereocenters. The molecule has 0 saturated carbocycles. The lowest BCUT2D eigenvalue weighted by molar-refractivity contribution is -0.167. The second-order valence-corrected chi connectivity index (χ2v) is 19.2. The number of hydrogen-bond donors (Lipinski definition) is 0. The monoisotopic (exact) mass is 925 g/mol. The van der Waals surface area contributed by atoms with Crippen LogP contribution in [-0.4, -0.2) is 37.2 Å². The Kier molecular flexibility index (Phi) is 52.8. The van der Waals surface area contributed by atoms with Gasteiger partial charge in [0.15, 0.2) is 6.10 Å². The Hall–Kier alpha value is -2.63. The Bertz CT molecular complexity index is 1150. The molecule has 0 aromatic heterocycles. The second-order valence-electron chi connectivity index (χ2n) is 19.2. The molecule has 0 bridgehead atoms. The summed E-state index contributed by atoms with van der Waals surface area (Å²) in [5.41, 5.74) is 0. The molecule has 0 heterocycles. The van der Waals surface area contributed by atoms with Crippen LogP contribution in [0.1, 0.15) is 297 Å². The number of hydrogen-bond acceptors (Lipinski definition) is 6. The van der Waals surface area contributed by atoms with Crippen molar-refractivity contribution < 1.29 is 28.6 Å². The molecule has 0 radical (unpaired) electrons. The molecule has 66 heavy (non-hydrogen) atoms. The molecule has 0 saturated heterocycles. The van der Waals surface area contributed by atoms with Crippen LogP contribution in [0.15, 0.2) is 48.6 Å². The molecule has 0 aromatic rings. The van der Waals surface area contributed by atoms with Crippen LogP contribution in [0.5, 0.6) is 0 Å². The molecular formula is C60H108O6. The molecule has 1 atom stereocenters. The number of carbonyl (C=O) groups excluding carboxylic acids is 3. The van der Waals surface area contributed by atoms with Crippen LogP contribution < -0.4 is 0 Å². The molecule has 0 spiro atoms. The summed E-state index contributed by atoms with van der Waals surface area (Å²) in [5.74, 6) is -0.916. The summed E-state index contributed by atoms with van der Waals surface area (Å²) >= 11 is 0. The van der Waals surface area contributed by atoms with Gasteiger partial charge in [0.05, 0.1) is 0 Å². The fourth-order valence-electron chi connectivity index (χ4n) is 8.28. The summed E-state index contributed by atoms with van der Waals surface area (Å²) < 4.78 is 16.8. The van der Waals surface area contributed by atoms with Gasteiger partial charge in [0.1, 0.15) is 13.2 Å². The van der Waals surface area contributed by atoms with E-state index < -0.39 is 6.10 Å². The average molecular weight is 926 g/mol. The molecule has 0 aromatic carbocycles. The van der Waals surface area contributed by atoms with Crippen LogP contribution >= 0.6 is 0 Å². The Morgan fingerprint density at radius 1 is 0.318 bits per heavy atom. The van der Waals surface area contributed by atoms with E-state index in [2.05, 4.69) is 69.4 Å². The Morgan fingerprint density at radius 3 is 0.970 bits per heavy atom. The van der Waals surface area contributed by atoms with Crippen molar-refractivity contribution in [1.29, 1.82) is 0 Å². The number of allylic oxidation sites excluding steroid dienone is 8. The van der Waals surface area contributed by atoms with Crippen LogP contribution in [0, 0.1) is 0 Å². The van der Waals surface area contributed by atoms with E-state index in [-0.39, 0.29) is 31.1 Å². The van der Waals surface area contributed by atoms with Crippen molar-refractivity contribution in [3.05, 3.63) is 48.6 Å². The third-order valence-corrected chi connectivity index (χ3v) is 12.6. The lowest BCUT2D eigenvalue weighted by Gasteiger charge is -2.18. The zero-order valence-corrected chi connectivity index (χ0v) is 44.0. The van der Waals surface area contributed by atoms with Gasteiger partial charge in [0.2, 0.25) is 0 Å². The van der Waals surface area contributed by atoms with Gasteiger partial charge in [-0.25, -0.2) is 0 Å². The third kappa shape index (κ3) is 52.3. The summed E-state index contributed by atoms with van der Waals surface area (Å²) in [7, 11) is 0. The highest BCUT2D eigenvalue weighted by molar-refractivity contribution is 5.71. The predicted molar refractivity (Wildman–Crippen MR) is 284 cm³/mol. The molecule has 0 N–H and O–H groups in total. The van der Waals surface area contributed by atoms with Crippen LogP contribution in [-0.2, 0) is 28.6 Å². The highest BCUT2D eigenvalue weighted by atomic mass is 16.6. The number of unbranched alkanes of at least 4 members (excludes halogenated alkanes) is 33. The predicted octanol–water partition coefficient (Wildman–Crippen LogP) is 19.0. The first-order valence-electron chi connectivity index (χ1n) is 28.6. The highest BCUT2D eigenvalue weighted by Crippen LogP contribution is 2.16. The molecule has 0 fully saturated rings. The Morgan fingerprint density at radius 2 is 0.591 bits per heavy atom. The third-order valence-electron chi connectivity index (χ3n) is 12.6. The van der Waals surface area contributed by atoms with Gasteiger partial charge in [-0.2, -0.15) is 0 Å². The van der Waals surface area contributed by atoms with E-state index in [0.29, 0.717) is 19.3 Å². The molecule has 0 rings (SSSR count).